The Labute approximate surface area is 153 Å². The van der Waals surface area contributed by atoms with Crippen molar-refractivity contribution in [3.8, 4) is 11.4 Å². The van der Waals surface area contributed by atoms with Gasteiger partial charge in [-0.25, -0.2) is 13.6 Å². The predicted octanol–water partition coefficient (Wildman–Crippen LogP) is 3.80. The third-order valence-corrected chi connectivity index (χ3v) is 5.08. The summed E-state index contributed by atoms with van der Waals surface area (Å²) in [6.07, 6.45) is 0.0707. The number of alkyl halides is 3. The fourth-order valence-corrected chi connectivity index (χ4v) is 4.50. The van der Waals surface area contributed by atoms with Gasteiger partial charge in [0.1, 0.15) is 5.65 Å². The summed E-state index contributed by atoms with van der Waals surface area (Å²) in [5, 5.41) is 3.37. The molecule has 1 atom stereocenters. The van der Waals surface area contributed by atoms with Crippen molar-refractivity contribution in [2.45, 2.75) is 38.2 Å². The van der Waals surface area contributed by atoms with Gasteiger partial charge in [0, 0.05) is 24.2 Å². The minimum Gasteiger partial charge on any atom is -0.329 e. The first-order valence-corrected chi connectivity index (χ1v) is 10.0. The maximum absolute atomic E-state index is 12.7. The van der Waals surface area contributed by atoms with Crippen LogP contribution in [-0.2, 0) is 21.7 Å². The maximum Gasteiger partial charge on any atom is 0.471 e. The molecule has 0 N–H and O–H groups in total. The van der Waals surface area contributed by atoms with Gasteiger partial charge in [-0.2, -0.15) is 18.2 Å². The summed E-state index contributed by atoms with van der Waals surface area (Å²) in [6, 6.07) is 3.15. The second-order valence-electron chi connectivity index (χ2n) is 7.20. The molecule has 3 aromatic rings. The summed E-state index contributed by atoms with van der Waals surface area (Å²) in [5.41, 5.74) is 1.02. The molecule has 0 bridgehead atoms. The van der Waals surface area contributed by atoms with Gasteiger partial charge in [0.05, 0.1) is 26.7 Å². The van der Waals surface area contributed by atoms with Crippen LogP contribution >= 0.6 is 0 Å². The number of fused-ring (bicyclic) bond motifs is 1. The third-order valence-electron chi connectivity index (χ3n) is 3.31. The molecule has 3 heterocycles. The van der Waals surface area contributed by atoms with Gasteiger partial charge in [-0.1, -0.05) is 5.16 Å². The van der Waals surface area contributed by atoms with E-state index in [9.17, 15) is 17.4 Å². The molecule has 0 aliphatic rings. The fourth-order valence-electron chi connectivity index (χ4n) is 2.59. The number of rotatable bonds is 3. The zero-order valence-electron chi connectivity index (χ0n) is 15.1. The van der Waals surface area contributed by atoms with Gasteiger partial charge in [0.25, 0.3) is 0 Å². The van der Waals surface area contributed by atoms with E-state index in [4.69, 9.17) is 0 Å². The number of aromatic nitrogens is 4. The van der Waals surface area contributed by atoms with Crippen LogP contribution in [0.1, 0.15) is 32.4 Å². The van der Waals surface area contributed by atoms with E-state index in [1.165, 1.54) is 6.20 Å². The molecule has 7 nitrogen and oxygen atoms in total. The first kappa shape index (κ1) is 19.3. The van der Waals surface area contributed by atoms with Crippen molar-refractivity contribution < 1.29 is 21.9 Å². The molecule has 0 aliphatic carbocycles. The van der Waals surface area contributed by atoms with Gasteiger partial charge < -0.3 is 8.92 Å². The molecule has 0 aromatic carbocycles. The van der Waals surface area contributed by atoms with E-state index in [0.717, 1.165) is 0 Å². The number of hydrogen-bond donors (Lipinski definition) is 0. The van der Waals surface area contributed by atoms with Crippen molar-refractivity contribution in [3.63, 3.8) is 0 Å². The average molecular weight is 401 g/mol. The SMILES string of the molecule is CC(C)(C)N=S(C)(=O)Cc1cn2cc(-c3noc(C(F)(F)F)n3)ccc2n1. The van der Waals surface area contributed by atoms with Gasteiger partial charge in [-0.3, -0.25) is 0 Å². The monoisotopic (exact) mass is 401 g/mol. The molecule has 3 rings (SSSR count). The molecular weight excluding hydrogens is 383 g/mol. The lowest BCUT2D eigenvalue weighted by atomic mass is 10.1. The molecule has 146 valence electrons. The highest BCUT2D eigenvalue weighted by atomic mass is 32.2. The minimum absolute atomic E-state index is 0.168. The Kier molecular flexibility index (Phi) is 4.53. The highest BCUT2D eigenvalue weighted by Gasteiger charge is 2.38. The van der Waals surface area contributed by atoms with E-state index >= 15 is 0 Å². The number of halogens is 3. The van der Waals surface area contributed by atoms with Crippen LogP contribution in [0.15, 0.2) is 33.4 Å². The molecule has 0 spiro atoms. The van der Waals surface area contributed by atoms with Crippen LogP contribution in [0.25, 0.3) is 17.0 Å². The first-order chi connectivity index (χ1) is 12.3. The largest absolute Gasteiger partial charge is 0.471 e. The number of nitrogens with zero attached hydrogens (tertiary/aromatic N) is 5. The second kappa shape index (κ2) is 6.32. The molecule has 0 fully saturated rings. The second-order valence-corrected chi connectivity index (χ2v) is 9.59. The average Bonchev–Trinajstić information content (AvgIpc) is 3.08. The van der Waals surface area contributed by atoms with Crippen molar-refractivity contribution in [2.24, 2.45) is 4.36 Å². The van der Waals surface area contributed by atoms with Gasteiger partial charge in [-0.05, 0) is 32.9 Å². The lowest BCUT2D eigenvalue weighted by Crippen LogP contribution is -2.15. The highest BCUT2D eigenvalue weighted by molar-refractivity contribution is 7.92. The first-order valence-electron chi connectivity index (χ1n) is 7.92. The van der Waals surface area contributed by atoms with Crippen LogP contribution in [0.4, 0.5) is 13.2 Å². The molecule has 0 saturated carbocycles. The molecule has 0 saturated heterocycles. The predicted molar refractivity (Wildman–Crippen MR) is 93.4 cm³/mol. The lowest BCUT2D eigenvalue weighted by Gasteiger charge is -2.14. The molecule has 27 heavy (non-hydrogen) atoms. The summed E-state index contributed by atoms with van der Waals surface area (Å²) < 4.78 is 60.7. The van der Waals surface area contributed by atoms with E-state index in [-0.39, 0.29) is 11.6 Å². The van der Waals surface area contributed by atoms with Gasteiger partial charge in [0.2, 0.25) is 5.82 Å². The number of hydrogen-bond acceptors (Lipinski definition) is 6. The van der Waals surface area contributed by atoms with Gasteiger partial charge in [-0.15, -0.1) is 0 Å². The summed E-state index contributed by atoms with van der Waals surface area (Å²) in [4.78, 5) is 7.75. The molecule has 0 aliphatic heterocycles. The van der Waals surface area contributed by atoms with Crippen molar-refractivity contribution in [1.29, 1.82) is 0 Å². The molecule has 0 radical (unpaired) electrons. The summed E-state index contributed by atoms with van der Waals surface area (Å²) >= 11 is 0. The third kappa shape index (κ3) is 4.65. The summed E-state index contributed by atoms with van der Waals surface area (Å²) in [5.74, 6) is -1.42. The van der Waals surface area contributed by atoms with E-state index in [1.54, 1.807) is 29.0 Å². The Morgan fingerprint density at radius 3 is 2.48 bits per heavy atom. The van der Waals surface area contributed by atoms with Crippen molar-refractivity contribution in [2.75, 3.05) is 6.26 Å². The molecule has 0 amide bonds. The quantitative estimate of drug-likeness (QED) is 0.666. The Bertz CT molecular complexity index is 1100. The van der Waals surface area contributed by atoms with E-state index in [2.05, 4.69) is 24.0 Å². The Hall–Kier alpha value is -2.43. The fraction of sp³-hybridized carbons (Fsp3) is 0.438. The number of pyridine rings is 1. The zero-order valence-corrected chi connectivity index (χ0v) is 15.9. The Balaban J connectivity index is 1.93. The van der Waals surface area contributed by atoms with E-state index < -0.39 is 27.3 Å². The molecule has 1 unspecified atom stereocenters. The highest BCUT2D eigenvalue weighted by Crippen LogP contribution is 2.29. The molecule has 11 heteroatoms. The zero-order chi connectivity index (χ0) is 20.0. The molecular formula is C16H18F3N5O2S. The van der Waals surface area contributed by atoms with Crippen LogP contribution in [0.2, 0.25) is 0 Å². The van der Waals surface area contributed by atoms with Crippen LogP contribution in [0, 0.1) is 0 Å². The van der Waals surface area contributed by atoms with Gasteiger partial charge >= 0.3 is 12.1 Å². The summed E-state index contributed by atoms with van der Waals surface area (Å²) in [7, 11) is -2.48. The van der Waals surface area contributed by atoms with Crippen molar-refractivity contribution in [1.82, 2.24) is 19.5 Å². The van der Waals surface area contributed by atoms with Crippen LogP contribution in [-0.4, -0.2) is 35.5 Å². The van der Waals surface area contributed by atoms with Gasteiger partial charge in [0.15, 0.2) is 0 Å². The summed E-state index contributed by atoms with van der Waals surface area (Å²) in [6.45, 7) is 5.60. The van der Waals surface area contributed by atoms with Crippen molar-refractivity contribution >= 4 is 15.4 Å². The number of imidazole rings is 1. The van der Waals surface area contributed by atoms with Crippen LogP contribution in [0.3, 0.4) is 0 Å². The minimum atomic E-state index is -4.70. The van der Waals surface area contributed by atoms with Crippen LogP contribution < -0.4 is 0 Å². The van der Waals surface area contributed by atoms with E-state index in [1.807, 2.05) is 20.8 Å². The maximum atomic E-state index is 12.7. The lowest BCUT2D eigenvalue weighted by molar-refractivity contribution is -0.159. The van der Waals surface area contributed by atoms with Crippen molar-refractivity contribution in [3.05, 3.63) is 36.1 Å². The Morgan fingerprint density at radius 2 is 1.89 bits per heavy atom. The normalized spacial score (nSPS) is 15.1. The topological polar surface area (TPSA) is 85.7 Å². The Morgan fingerprint density at radius 1 is 1.19 bits per heavy atom. The smallest absolute Gasteiger partial charge is 0.329 e. The van der Waals surface area contributed by atoms with E-state index in [0.29, 0.717) is 16.9 Å². The standard InChI is InChI=1S/C16H18F3N5O2S/c1-15(2,3)23-27(4,25)9-11-8-24-7-10(5-6-12(24)20-11)13-21-14(26-22-13)16(17,18)19/h5-8H,9H2,1-4H3. The van der Waals surface area contributed by atoms with Crippen LogP contribution in [0.5, 0.6) is 0 Å². The molecule has 3 aromatic heterocycles.